The van der Waals surface area contributed by atoms with E-state index in [1.54, 1.807) is 11.8 Å². The largest absolute Gasteiger partial charge is 0.352 e. The summed E-state index contributed by atoms with van der Waals surface area (Å²) in [5.74, 6) is -0.377. The summed E-state index contributed by atoms with van der Waals surface area (Å²) in [4.78, 5) is 27.9. The summed E-state index contributed by atoms with van der Waals surface area (Å²) >= 11 is 0. The zero-order valence-corrected chi connectivity index (χ0v) is 23.5. The number of sulfonamides is 1. The van der Waals surface area contributed by atoms with Gasteiger partial charge in [-0.2, -0.15) is 0 Å². The highest BCUT2D eigenvalue weighted by Crippen LogP contribution is 2.22. The normalized spacial score (nSPS) is 13.1. The molecule has 2 aromatic rings. The van der Waals surface area contributed by atoms with Crippen molar-refractivity contribution in [1.29, 1.82) is 0 Å². The number of aryl methyl sites for hydroxylation is 3. The van der Waals surface area contributed by atoms with Gasteiger partial charge in [-0.3, -0.25) is 13.9 Å². The SMILES string of the molecule is CC[C@H](C)NC(=O)[C@H](C)N(Cc1ccccc1C)C(=O)CCCN(c1cc(C)cc(C)c1)S(C)(=O)=O. The van der Waals surface area contributed by atoms with Gasteiger partial charge in [0, 0.05) is 25.6 Å². The van der Waals surface area contributed by atoms with E-state index in [2.05, 4.69) is 5.32 Å². The Labute approximate surface area is 216 Å². The van der Waals surface area contributed by atoms with Crippen LogP contribution in [0.1, 0.15) is 62.3 Å². The van der Waals surface area contributed by atoms with Crippen LogP contribution in [0.5, 0.6) is 0 Å². The molecule has 2 rings (SSSR count). The Morgan fingerprint density at radius 2 is 1.61 bits per heavy atom. The Bertz CT molecular complexity index is 1140. The second-order valence-corrected chi connectivity index (χ2v) is 11.6. The average molecular weight is 516 g/mol. The number of amides is 2. The molecule has 198 valence electrons. The molecule has 0 aliphatic rings. The predicted octanol–water partition coefficient (Wildman–Crippen LogP) is 4.49. The third-order valence-corrected chi connectivity index (χ3v) is 7.61. The molecule has 0 fully saturated rings. The molecule has 0 radical (unpaired) electrons. The lowest BCUT2D eigenvalue weighted by Gasteiger charge is -2.30. The van der Waals surface area contributed by atoms with Gasteiger partial charge in [-0.1, -0.05) is 37.3 Å². The van der Waals surface area contributed by atoms with Crippen LogP contribution < -0.4 is 9.62 Å². The number of carbonyl (C=O) groups is 2. The third kappa shape index (κ3) is 8.36. The highest BCUT2D eigenvalue weighted by atomic mass is 32.2. The van der Waals surface area contributed by atoms with Gasteiger partial charge in [-0.25, -0.2) is 8.42 Å². The molecule has 0 unspecified atom stereocenters. The van der Waals surface area contributed by atoms with Gasteiger partial charge in [0.15, 0.2) is 0 Å². The van der Waals surface area contributed by atoms with Crippen LogP contribution in [0.25, 0.3) is 0 Å². The molecule has 2 atom stereocenters. The first kappa shape index (κ1) is 29.4. The summed E-state index contributed by atoms with van der Waals surface area (Å²) in [6.45, 7) is 12.0. The number of hydrogen-bond donors (Lipinski definition) is 1. The molecule has 1 N–H and O–H groups in total. The minimum atomic E-state index is -3.53. The van der Waals surface area contributed by atoms with E-state index in [0.717, 1.165) is 28.7 Å². The van der Waals surface area contributed by atoms with Crippen LogP contribution in [0.3, 0.4) is 0 Å². The Balaban J connectivity index is 2.21. The minimum absolute atomic E-state index is 0.0106. The van der Waals surface area contributed by atoms with E-state index < -0.39 is 16.1 Å². The summed E-state index contributed by atoms with van der Waals surface area (Å²) in [5, 5.41) is 2.97. The molecule has 2 amide bonds. The van der Waals surface area contributed by atoms with Crippen LogP contribution in [-0.2, 0) is 26.2 Å². The Morgan fingerprint density at radius 1 is 1.00 bits per heavy atom. The van der Waals surface area contributed by atoms with Gasteiger partial charge in [0.25, 0.3) is 0 Å². The van der Waals surface area contributed by atoms with Crippen molar-refractivity contribution >= 4 is 27.5 Å². The van der Waals surface area contributed by atoms with Gasteiger partial charge in [0.2, 0.25) is 21.8 Å². The summed E-state index contributed by atoms with van der Waals surface area (Å²) in [6, 6.07) is 12.8. The maximum atomic E-state index is 13.4. The van der Waals surface area contributed by atoms with Crippen LogP contribution in [-0.4, -0.2) is 50.0 Å². The summed E-state index contributed by atoms with van der Waals surface area (Å²) in [5.41, 5.74) is 4.56. The van der Waals surface area contributed by atoms with E-state index in [1.165, 1.54) is 10.6 Å². The maximum Gasteiger partial charge on any atom is 0.242 e. The summed E-state index contributed by atoms with van der Waals surface area (Å²) < 4.78 is 26.5. The fourth-order valence-electron chi connectivity index (χ4n) is 4.12. The van der Waals surface area contributed by atoms with Crippen molar-refractivity contribution in [2.45, 2.75) is 79.4 Å². The molecule has 0 aliphatic heterocycles. The molecule has 36 heavy (non-hydrogen) atoms. The molecule has 0 saturated carbocycles. The number of benzene rings is 2. The fraction of sp³-hybridized carbons (Fsp3) is 0.500. The number of nitrogens with zero attached hydrogens (tertiary/aromatic N) is 2. The summed E-state index contributed by atoms with van der Waals surface area (Å²) in [7, 11) is -3.53. The first-order valence-electron chi connectivity index (χ1n) is 12.5. The number of hydrogen-bond acceptors (Lipinski definition) is 4. The van der Waals surface area contributed by atoms with Crippen molar-refractivity contribution in [3.63, 3.8) is 0 Å². The topological polar surface area (TPSA) is 86.8 Å². The second-order valence-electron chi connectivity index (χ2n) is 9.73. The molecular formula is C28H41N3O4S. The van der Waals surface area contributed by atoms with Gasteiger partial charge in [0.1, 0.15) is 6.04 Å². The van der Waals surface area contributed by atoms with Crippen LogP contribution >= 0.6 is 0 Å². The molecule has 0 aliphatic carbocycles. The highest BCUT2D eigenvalue weighted by molar-refractivity contribution is 7.92. The first-order valence-corrected chi connectivity index (χ1v) is 14.4. The predicted molar refractivity (Wildman–Crippen MR) is 146 cm³/mol. The van der Waals surface area contributed by atoms with Crippen molar-refractivity contribution in [3.8, 4) is 0 Å². The van der Waals surface area contributed by atoms with E-state index in [9.17, 15) is 18.0 Å². The van der Waals surface area contributed by atoms with Gasteiger partial charge >= 0.3 is 0 Å². The smallest absolute Gasteiger partial charge is 0.242 e. The number of carbonyl (C=O) groups excluding carboxylic acids is 2. The second kappa shape index (κ2) is 12.9. The van der Waals surface area contributed by atoms with Crippen molar-refractivity contribution in [2.75, 3.05) is 17.1 Å². The van der Waals surface area contributed by atoms with Crippen LogP contribution in [0.2, 0.25) is 0 Å². The zero-order chi connectivity index (χ0) is 27.0. The number of nitrogens with one attached hydrogen (secondary N) is 1. The van der Waals surface area contributed by atoms with Crippen molar-refractivity contribution in [3.05, 3.63) is 64.7 Å². The molecule has 2 aromatic carbocycles. The standard InChI is InChI=1S/C28H41N3O4S/c1-8-23(5)29-28(33)24(6)30(19-25-13-10-9-12-22(25)4)27(32)14-11-15-31(36(7,34)35)26-17-20(2)16-21(3)18-26/h9-10,12-13,16-18,23-24H,8,11,14-15,19H2,1-7H3,(H,29,33)/t23-,24-/m0/s1. The van der Waals surface area contributed by atoms with Crippen LogP contribution in [0.4, 0.5) is 5.69 Å². The molecule has 0 heterocycles. The molecule has 7 nitrogen and oxygen atoms in total. The molecule has 0 spiro atoms. The van der Waals surface area contributed by atoms with Crippen molar-refractivity contribution in [2.24, 2.45) is 0 Å². The molecular weight excluding hydrogens is 474 g/mol. The quantitative estimate of drug-likeness (QED) is 0.451. The average Bonchev–Trinajstić information content (AvgIpc) is 2.79. The van der Waals surface area contributed by atoms with Gasteiger partial charge in [0.05, 0.1) is 11.9 Å². The highest BCUT2D eigenvalue weighted by Gasteiger charge is 2.27. The molecule has 0 aromatic heterocycles. The lowest BCUT2D eigenvalue weighted by Crippen LogP contribution is -2.49. The van der Waals surface area contributed by atoms with E-state index in [0.29, 0.717) is 18.7 Å². The van der Waals surface area contributed by atoms with Crippen LogP contribution in [0.15, 0.2) is 42.5 Å². The van der Waals surface area contributed by atoms with E-state index >= 15 is 0 Å². The zero-order valence-electron chi connectivity index (χ0n) is 22.7. The maximum absolute atomic E-state index is 13.4. The van der Waals surface area contributed by atoms with Crippen molar-refractivity contribution in [1.82, 2.24) is 10.2 Å². The number of anilines is 1. The van der Waals surface area contributed by atoms with E-state index in [4.69, 9.17) is 0 Å². The molecule has 8 heteroatoms. The lowest BCUT2D eigenvalue weighted by molar-refractivity contribution is -0.140. The van der Waals surface area contributed by atoms with Crippen LogP contribution in [0, 0.1) is 20.8 Å². The molecule has 0 bridgehead atoms. The van der Waals surface area contributed by atoms with E-state index in [-0.39, 0.29) is 30.8 Å². The Hall–Kier alpha value is -2.87. The van der Waals surface area contributed by atoms with E-state index in [1.807, 2.05) is 77.1 Å². The molecule has 0 saturated heterocycles. The minimum Gasteiger partial charge on any atom is -0.352 e. The monoisotopic (exact) mass is 515 g/mol. The Kier molecular flexibility index (Phi) is 10.5. The fourth-order valence-corrected chi connectivity index (χ4v) is 5.07. The lowest BCUT2D eigenvalue weighted by atomic mass is 10.1. The number of rotatable bonds is 12. The van der Waals surface area contributed by atoms with Gasteiger partial charge < -0.3 is 10.2 Å². The van der Waals surface area contributed by atoms with Crippen molar-refractivity contribution < 1.29 is 18.0 Å². The third-order valence-electron chi connectivity index (χ3n) is 6.42. The van der Waals surface area contributed by atoms with Gasteiger partial charge in [-0.15, -0.1) is 0 Å². The Morgan fingerprint density at radius 3 is 2.17 bits per heavy atom. The summed E-state index contributed by atoms with van der Waals surface area (Å²) in [6.07, 6.45) is 2.44. The first-order chi connectivity index (χ1) is 16.8. The van der Waals surface area contributed by atoms with Gasteiger partial charge in [-0.05, 0) is 81.8 Å².